The van der Waals surface area contributed by atoms with Crippen molar-refractivity contribution in [1.82, 2.24) is 15.6 Å². The number of carbonyl (C=O) groups excluding carboxylic acids is 2. The molecule has 164 valence electrons. The van der Waals surface area contributed by atoms with Gasteiger partial charge < -0.3 is 20.3 Å². The molecule has 0 bridgehead atoms. The molecule has 0 atom stereocenters. The molecule has 8 nitrogen and oxygen atoms in total. The fourth-order valence-corrected chi connectivity index (χ4v) is 3.97. The van der Waals surface area contributed by atoms with Crippen LogP contribution in [0.15, 0.2) is 17.5 Å². The molecule has 3 rings (SSSR count). The van der Waals surface area contributed by atoms with Crippen molar-refractivity contribution >= 4 is 39.4 Å². The molecule has 2 amide bonds. The Balaban J connectivity index is 1.49. The van der Waals surface area contributed by atoms with Crippen molar-refractivity contribution in [3.05, 3.63) is 23.1 Å². The molecular weight excluding hydrogens is 425 g/mol. The maximum atomic E-state index is 12.0. The van der Waals surface area contributed by atoms with Crippen molar-refractivity contribution in [1.29, 1.82) is 0 Å². The molecule has 0 unspecified atom stereocenters. The standard InChI is InChI=1S/C18H21F3N4O4S/c1-22-16(26)12-10-30-13-2-3-14(24-15(12)13)25-7-4-11(5-8-25)29-17(27)23-6-9-28-18(19,20)21/h2-3,10-11H,4-9H2,1H3,(H,22,26)(H,23,27). The van der Waals surface area contributed by atoms with Crippen molar-refractivity contribution in [2.24, 2.45) is 0 Å². The molecular formula is C18H21F3N4O4S. The highest BCUT2D eigenvalue weighted by Gasteiger charge is 2.29. The third kappa shape index (κ3) is 5.72. The number of nitrogens with one attached hydrogen (secondary N) is 2. The van der Waals surface area contributed by atoms with Crippen LogP contribution in [0.1, 0.15) is 23.2 Å². The number of rotatable bonds is 6. The van der Waals surface area contributed by atoms with Gasteiger partial charge in [0, 0.05) is 44.9 Å². The number of anilines is 1. The number of fused-ring (bicyclic) bond motifs is 1. The molecule has 0 aromatic carbocycles. The number of pyridine rings is 1. The molecule has 2 aromatic heterocycles. The zero-order valence-electron chi connectivity index (χ0n) is 16.1. The van der Waals surface area contributed by atoms with Crippen LogP contribution in [0.3, 0.4) is 0 Å². The summed E-state index contributed by atoms with van der Waals surface area (Å²) in [6.07, 6.45) is -4.72. The lowest BCUT2D eigenvalue weighted by molar-refractivity contribution is -0.323. The molecule has 3 heterocycles. The first-order chi connectivity index (χ1) is 14.3. The minimum absolute atomic E-state index is 0.190. The van der Waals surface area contributed by atoms with Gasteiger partial charge in [-0.15, -0.1) is 24.5 Å². The number of amides is 2. The Labute approximate surface area is 174 Å². The molecule has 30 heavy (non-hydrogen) atoms. The number of piperidine rings is 1. The number of hydrogen-bond donors (Lipinski definition) is 2. The summed E-state index contributed by atoms with van der Waals surface area (Å²) in [4.78, 5) is 30.4. The van der Waals surface area contributed by atoms with Crippen molar-refractivity contribution in [3.8, 4) is 0 Å². The van der Waals surface area contributed by atoms with Gasteiger partial charge in [0.1, 0.15) is 11.9 Å². The third-order valence-corrected chi connectivity index (χ3v) is 5.49. The van der Waals surface area contributed by atoms with Crippen molar-refractivity contribution < 1.29 is 32.2 Å². The number of aromatic nitrogens is 1. The van der Waals surface area contributed by atoms with E-state index in [-0.39, 0.29) is 18.6 Å². The summed E-state index contributed by atoms with van der Waals surface area (Å²) >= 11 is 1.45. The number of ether oxygens (including phenoxy) is 2. The zero-order valence-corrected chi connectivity index (χ0v) is 16.9. The molecule has 1 aliphatic heterocycles. The smallest absolute Gasteiger partial charge is 0.446 e. The van der Waals surface area contributed by atoms with Crippen LogP contribution >= 0.6 is 11.3 Å². The van der Waals surface area contributed by atoms with E-state index in [0.29, 0.717) is 37.0 Å². The summed E-state index contributed by atoms with van der Waals surface area (Å²) in [6.45, 7) is 0.210. The number of alkyl halides is 3. The van der Waals surface area contributed by atoms with E-state index in [0.717, 1.165) is 10.5 Å². The van der Waals surface area contributed by atoms with E-state index in [2.05, 4.69) is 20.4 Å². The minimum atomic E-state index is -4.72. The van der Waals surface area contributed by atoms with E-state index in [1.165, 1.54) is 11.3 Å². The van der Waals surface area contributed by atoms with E-state index in [4.69, 9.17) is 4.74 Å². The largest absolute Gasteiger partial charge is 0.522 e. The van der Waals surface area contributed by atoms with Gasteiger partial charge in [0.05, 0.1) is 22.4 Å². The highest BCUT2D eigenvalue weighted by Crippen LogP contribution is 2.28. The van der Waals surface area contributed by atoms with Gasteiger partial charge in [-0.3, -0.25) is 9.53 Å². The normalized spacial score (nSPS) is 15.3. The van der Waals surface area contributed by atoms with Crippen LogP contribution in [0.25, 0.3) is 10.2 Å². The Kier molecular flexibility index (Phi) is 6.98. The van der Waals surface area contributed by atoms with E-state index in [1.54, 1.807) is 12.4 Å². The van der Waals surface area contributed by atoms with Crippen molar-refractivity contribution in [2.75, 3.05) is 38.2 Å². The van der Waals surface area contributed by atoms with Crippen LogP contribution in [-0.2, 0) is 9.47 Å². The predicted octanol–water partition coefficient (Wildman–Crippen LogP) is 2.89. The summed E-state index contributed by atoms with van der Waals surface area (Å²) < 4.78 is 45.4. The van der Waals surface area contributed by atoms with Gasteiger partial charge in [-0.05, 0) is 12.1 Å². The number of hydrogen-bond acceptors (Lipinski definition) is 7. The van der Waals surface area contributed by atoms with Crippen LogP contribution in [0.5, 0.6) is 0 Å². The average Bonchev–Trinajstić information content (AvgIpc) is 3.14. The number of carbonyl (C=O) groups is 2. The van der Waals surface area contributed by atoms with E-state index >= 15 is 0 Å². The number of alkyl carbamates (subject to hydrolysis) is 1. The summed E-state index contributed by atoms with van der Waals surface area (Å²) in [5, 5.41) is 6.62. The average molecular weight is 446 g/mol. The Morgan fingerprint density at radius 1 is 1.30 bits per heavy atom. The SMILES string of the molecule is CNC(=O)c1csc2ccc(N3CCC(OC(=O)NCCOC(F)(F)F)CC3)nc12. The predicted molar refractivity (Wildman–Crippen MR) is 105 cm³/mol. The van der Waals surface area contributed by atoms with Gasteiger partial charge in [0.25, 0.3) is 5.91 Å². The maximum Gasteiger partial charge on any atom is 0.522 e. The number of halogens is 3. The summed E-state index contributed by atoms with van der Waals surface area (Å²) in [6, 6.07) is 3.81. The third-order valence-electron chi connectivity index (χ3n) is 4.55. The van der Waals surface area contributed by atoms with Gasteiger partial charge in [-0.2, -0.15) is 0 Å². The Morgan fingerprint density at radius 3 is 2.70 bits per heavy atom. The van der Waals surface area contributed by atoms with Crippen LogP contribution in [0.2, 0.25) is 0 Å². The molecule has 0 radical (unpaired) electrons. The fourth-order valence-electron chi connectivity index (χ4n) is 3.09. The van der Waals surface area contributed by atoms with E-state index in [9.17, 15) is 22.8 Å². The van der Waals surface area contributed by atoms with Crippen molar-refractivity contribution in [2.45, 2.75) is 25.3 Å². The first-order valence-corrected chi connectivity index (χ1v) is 10.1. The van der Waals surface area contributed by atoms with Crippen LogP contribution in [-0.4, -0.2) is 62.7 Å². The Morgan fingerprint density at radius 2 is 2.03 bits per heavy atom. The molecule has 12 heteroatoms. The lowest BCUT2D eigenvalue weighted by Gasteiger charge is -2.32. The van der Waals surface area contributed by atoms with Crippen LogP contribution < -0.4 is 15.5 Å². The molecule has 0 spiro atoms. The molecule has 1 aliphatic rings. The summed E-state index contributed by atoms with van der Waals surface area (Å²) in [5.41, 5.74) is 1.18. The molecule has 2 N–H and O–H groups in total. The lowest BCUT2D eigenvalue weighted by atomic mass is 10.1. The first-order valence-electron chi connectivity index (χ1n) is 9.27. The second-order valence-corrected chi connectivity index (χ2v) is 7.47. The highest BCUT2D eigenvalue weighted by atomic mass is 32.1. The van der Waals surface area contributed by atoms with Gasteiger partial charge in [-0.25, -0.2) is 9.78 Å². The van der Waals surface area contributed by atoms with Gasteiger partial charge in [0.2, 0.25) is 0 Å². The Hall–Kier alpha value is -2.60. The van der Waals surface area contributed by atoms with Crippen LogP contribution in [0, 0.1) is 0 Å². The molecule has 0 saturated carbocycles. The monoisotopic (exact) mass is 446 g/mol. The van der Waals surface area contributed by atoms with E-state index < -0.39 is 19.1 Å². The number of nitrogens with zero attached hydrogens (tertiary/aromatic N) is 2. The number of thiophene rings is 1. The molecule has 1 saturated heterocycles. The maximum absolute atomic E-state index is 12.0. The van der Waals surface area contributed by atoms with Gasteiger partial charge in [-0.1, -0.05) is 0 Å². The fraction of sp³-hybridized carbons (Fsp3) is 0.500. The minimum Gasteiger partial charge on any atom is -0.446 e. The quantitative estimate of drug-likeness (QED) is 0.663. The van der Waals surface area contributed by atoms with Crippen LogP contribution in [0.4, 0.5) is 23.8 Å². The molecule has 0 aliphatic carbocycles. The second kappa shape index (κ2) is 9.47. The highest BCUT2D eigenvalue weighted by molar-refractivity contribution is 7.17. The van der Waals surface area contributed by atoms with Crippen molar-refractivity contribution in [3.63, 3.8) is 0 Å². The lowest BCUT2D eigenvalue weighted by Crippen LogP contribution is -2.40. The summed E-state index contributed by atoms with van der Waals surface area (Å²) in [5.74, 6) is 0.544. The zero-order chi connectivity index (χ0) is 21.7. The topological polar surface area (TPSA) is 92.8 Å². The van der Waals surface area contributed by atoms with Gasteiger partial charge in [0.15, 0.2) is 0 Å². The molecule has 1 fully saturated rings. The second-order valence-electron chi connectivity index (χ2n) is 6.56. The summed E-state index contributed by atoms with van der Waals surface area (Å²) in [7, 11) is 1.57. The van der Waals surface area contributed by atoms with E-state index in [1.807, 2.05) is 17.0 Å². The van der Waals surface area contributed by atoms with Gasteiger partial charge >= 0.3 is 12.5 Å². The first kappa shape index (κ1) is 22.1. The Bertz CT molecular complexity index is 897. The molecule has 2 aromatic rings.